The SMILES string of the molecule is C[C@H]1CNC(=O)c2ccccc2C1. The minimum absolute atomic E-state index is 0.0694. The summed E-state index contributed by atoms with van der Waals surface area (Å²) in [6, 6.07) is 7.83. The minimum Gasteiger partial charge on any atom is -0.352 e. The van der Waals surface area contributed by atoms with Crippen molar-refractivity contribution < 1.29 is 4.79 Å². The Hall–Kier alpha value is -1.31. The lowest BCUT2D eigenvalue weighted by atomic mass is 9.99. The van der Waals surface area contributed by atoms with Crippen molar-refractivity contribution in [2.75, 3.05) is 6.54 Å². The summed E-state index contributed by atoms with van der Waals surface area (Å²) in [6.07, 6.45) is 0.995. The Bertz CT molecular complexity index is 333. The molecule has 1 aromatic rings. The van der Waals surface area contributed by atoms with E-state index in [0.29, 0.717) is 5.92 Å². The average Bonchev–Trinajstić information content (AvgIpc) is 2.27. The predicted octanol–water partition coefficient (Wildman–Crippen LogP) is 1.61. The van der Waals surface area contributed by atoms with Crippen molar-refractivity contribution in [2.45, 2.75) is 13.3 Å². The van der Waals surface area contributed by atoms with E-state index in [2.05, 4.69) is 12.2 Å². The number of amides is 1. The fraction of sp³-hybridized carbons (Fsp3) is 0.364. The number of nitrogens with one attached hydrogen (secondary N) is 1. The van der Waals surface area contributed by atoms with Gasteiger partial charge in [-0.15, -0.1) is 0 Å². The molecule has 13 heavy (non-hydrogen) atoms. The first kappa shape index (κ1) is 8.30. The lowest BCUT2D eigenvalue weighted by Crippen LogP contribution is -2.25. The van der Waals surface area contributed by atoms with Gasteiger partial charge in [0.2, 0.25) is 0 Å². The monoisotopic (exact) mass is 175 g/mol. The van der Waals surface area contributed by atoms with E-state index in [9.17, 15) is 4.79 Å². The van der Waals surface area contributed by atoms with E-state index >= 15 is 0 Å². The molecule has 0 unspecified atom stereocenters. The van der Waals surface area contributed by atoms with Crippen LogP contribution in [0.15, 0.2) is 24.3 Å². The highest BCUT2D eigenvalue weighted by Crippen LogP contribution is 2.16. The van der Waals surface area contributed by atoms with Crippen LogP contribution in [0.3, 0.4) is 0 Å². The number of benzene rings is 1. The molecule has 1 heterocycles. The van der Waals surface area contributed by atoms with Crippen molar-refractivity contribution in [1.29, 1.82) is 0 Å². The Morgan fingerprint density at radius 1 is 1.38 bits per heavy atom. The molecule has 2 rings (SSSR count). The summed E-state index contributed by atoms with van der Waals surface area (Å²) >= 11 is 0. The van der Waals surface area contributed by atoms with Crippen LogP contribution in [0.2, 0.25) is 0 Å². The third kappa shape index (κ3) is 1.57. The van der Waals surface area contributed by atoms with Gasteiger partial charge in [-0.2, -0.15) is 0 Å². The van der Waals surface area contributed by atoms with Crippen LogP contribution in [0.4, 0.5) is 0 Å². The fourth-order valence-electron chi connectivity index (χ4n) is 1.73. The highest BCUT2D eigenvalue weighted by molar-refractivity contribution is 5.96. The molecule has 1 atom stereocenters. The second kappa shape index (κ2) is 3.21. The highest BCUT2D eigenvalue weighted by Gasteiger charge is 2.17. The quantitative estimate of drug-likeness (QED) is 0.637. The van der Waals surface area contributed by atoms with E-state index in [-0.39, 0.29) is 5.91 Å². The number of rotatable bonds is 0. The molecular formula is C11H13NO. The van der Waals surface area contributed by atoms with Crippen LogP contribution in [0.25, 0.3) is 0 Å². The number of hydrogen-bond acceptors (Lipinski definition) is 1. The molecule has 2 heteroatoms. The molecule has 0 fully saturated rings. The summed E-state index contributed by atoms with van der Waals surface area (Å²) in [6.45, 7) is 2.94. The Morgan fingerprint density at radius 2 is 2.15 bits per heavy atom. The van der Waals surface area contributed by atoms with Crippen LogP contribution in [0.1, 0.15) is 22.8 Å². The van der Waals surface area contributed by atoms with Gasteiger partial charge in [0.15, 0.2) is 0 Å². The van der Waals surface area contributed by atoms with E-state index in [1.807, 2.05) is 24.3 Å². The zero-order valence-corrected chi connectivity index (χ0v) is 7.71. The molecule has 2 nitrogen and oxygen atoms in total. The average molecular weight is 175 g/mol. The molecule has 0 spiro atoms. The summed E-state index contributed by atoms with van der Waals surface area (Å²) in [5.74, 6) is 0.604. The molecular weight excluding hydrogens is 162 g/mol. The van der Waals surface area contributed by atoms with E-state index in [1.54, 1.807) is 0 Å². The lowest BCUT2D eigenvalue weighted by molar-refractivity contribution is 0.0952. The van der Waals surface area contributed by atoms with Crippen LogP contribution in [0, 0.1) is 5.92 Å². The Balaban J connectivity index is 2.43. The first-order valence-electron chi connectivity index (χ1n) is 4.63. The third-order valence-corrected chi connectivity index (χ3v) is 2.44. The fourth-order valence-corrected chi connectivity index (χ4v) is 1.73. The topological polar surface area (TPSA) is 29.1 Å². The van der Waals surface area contributed by atoms with Gasteiger partial charge in [0, 0.05) is 12.1 Å². The third-order valence-electron chi connectivity index (χ3n) is 2.44. The van der Waals surface area contributed by atoms with Gasteiger partial charge in [0.05, 0.1) is 0 Å². The second-order valence-corrected chi connectivity index (χ2v) is 3.68. The van der Waals surface area contributed by atoms with Gasteiger partial charge in [0.25, 0.3) is 5.91 Å². The predicted molar refractivity (Wildman–Crippen MR) is 51.6 cm³/mol. The summed E-state index contributed by atoms with van der Waals surface area (Å²) < 4.78 is 0. The molecule has 0 saturated heterocycles. The van der Waals surface area contributed by atoms with Crippen molar-refractivity contribution in [1.82, 2.24) is 5.32 Å². The molecule has 1 aliphatic heterocycles. The maximum atomic E-state index is 11.5. The molecule has 1 N–H and O–H groups in total. The Kier molecular flexibility index (Phi) is 2.05. The second-order valence-electron chi connectivity index (χ2n) is 3.68. The molecule has 0 aromatic heterocycles. The zero-order valence-electron chi connectivity index (χ0n) is 7.71. The highest BCUT2D eigenvalue weighted by atomic mass is 16.1. The molecule has 0 saturated carbocycles. The normalized spacial score (nSPS) is 21.6. The lowest BCUT2D eigenvalue weighted by Gasteiger charge is -2.05. The van der Waals surface area contributed by atoms with Gasteiger partial charge in [-0.25, -0.2) is 0 Å². The van der Waals surface area contributed by atoms with E-state index in [1.165, 1.54) is 5.56 Å². The van der Waals surface area contributed by atoms with Crippen LogP contribution in [-0.2, 0) is 6.42 Å². The van der Waals surface area contributed by atoms with Gasteiger partial charge >= 0.3 is 0 Å². The van der Waals surface area contributed by atoms with E-state index < -0.39 is 0 Å². The minimum atomic E-state index is 0.0694. The Morgan fingerprint density at radius 3 is 3.00 bits per heavy atom. The van der Waals surface area contributed by atoms with Crippen LogP contribution >= 0.6 is 0 Å². The zero-order chi connectivity index (χ0) is 9.26. The molecule has 1 amide bonds. The van der Waals surface area contributed by atoms with Gasteiger partial charge in [0.1, 0.15) is 0 Å². The molecule has 68 valence electrons. The van der Waals surface area contributed by atoms with E-state index in [0.717, 1.165) is 18.5 Å². The number of hydrogen-bond donors (Lipinski definition) is 1. The first-order valence-corrected chi connectivity index (χ1v) is 4.63. The van der Waals surface area contributed by atoms with Gasteiger partial charge in [-0.3, -0.25) is 4.79 Å². The first-order chi connectivity index (χ1) is 6.27. The largest absolute Gasteiger partial charge is 0.352 e. The summed E-state index contributed by atoms with van der Waals surface area (Å²) in [5, 5.41) is 2.91. The number of fused-ring (bicyclic) bond motifs is 1. The van der Waals surface area contributed by atoms with Crippen molar-refractivity contribution in [3.05, 3.63) is 35.4 Å². The van der Waals surface area contributed by atoms with Gasteiger partial charge in [-0.1, -0.05) is 25.1 Å². The van der Waals surface area contributed by atoms with Gasteiger partial charge in [-0.05, 0) is 24.0 Å². The van der Waals surface area contributed by atoms with E-state index in [4.69, 9.17) is 0 Å². The van der Waals surface area contributed by atoms with Crippen LogP contribution in [-0.4, -0.2) is 12.5 Å². The maximum absolute atomic E-state index is 11.5. The van der Waals surface area contributed by atoms with Crippen LogP contribution in [0.5, 0.6) is 0 Å². The summed E-state index contributed by atoms with van der Waals surface area (Å²) in [4.78, 5) is 11.5. The van der Waals surface area contributed by atoms with Crippen molar-refractivity contribution in [3.8, 4) is 0 Å². The molecule has 0 bridgehead atoms. The van der Waals surface area contributed by atoms with Crippen LogP contribution < -0.4 is 5.32 Å². The van der Waals surface area contributed by atoms with Crippen molar-refractivity contribution in [3.63, 3.8) is 0 Å². The van der Waals surface area contributed by atoms with Crippen molar-refractivity contribution in [2.24, 2.45) is 5.92 Å². The standard InChI is InChI=1S/C11H13NO/c1-8-6-9-4-2-3-5-10(9)11(13)12-7-8/h2-5,8H,6-7H2,1H3,(H,12,13)/t8-/m1/s1. The summed E-state index contributed by atoms with van der Waals surface area (Å²) in [5.41, 5.74) is 2.01. The molecule has 1 aliphatic rings. The van der Waals surface area contributed by atoms with Crippen molar-refractivity contribution >= 4 is 5.91 Å². The maximum Gasteiger partial charge on any atom is 0.251 e. The molecule has 1 aromatic carbocycles. The smallest absolute Gasteiger partial charge is 0.251 e. The number of carbonyl (C=O) groups is 1. The number of carbonyl (C=O) groups excluding carboxylic acids is 1. The van der Waals surface area contributed by atoms with Gasteiger partial charge < -0.3 is 5.32 Å². The summed E-state index contributed by atoms with van der Waals surface area (Å²) in [7, 11) is 0. The molecule has 0 aliphatic carbocycles. The Labute approximate surface area is 78.0 Å². The molecule has 0 radical (unpaired) electrons.